The smallest absolute Gasteiger partial charge is 0.320 e. The summed E-state index contributed by atoms with van der Waals surface area (Å²) in [5.41, 5.74) is 1.84. The van der Waals surface area contributed by atoms with E-state index in [1.807, 2.05) is 24.0 Å². The summed E-state index contributed by atoms with van der Waals surface area (Å²) >= 11 is 6.09. The maximum absolute atomic E-state index is 12.1. The third kappa shape index (κ3) is 5.81. The number of hydrogen-bond acceptors (Lipinski definition) is 8. The molecule has 1 aliphatic rings. The van der Waals surface area contributed by atoms with E-state index in [0.29, 0.717) is 52.9 Å². The van der Waals surface area contributed by atoms with E-state index in [4.69, 9.17) is 21.1 Å². The van der Waals surface area contributed by atoms with Crippen molar-refractivity contribution in [2.24, 2.45) is 0 Å². The summed E-state index contributed by atoms with van der Waals surface area (Å²) in [6, 6.07) is 10.8. The van der Waals surface area contributed by atoms with Crippen LogP contribution < -0.4 is 15.4 Å². The zero-order valence-corrected chi connectivity index (χ0v) is 19.3. The first-order valence-corrected chi connectivity index (χ1v) is 11.1. The number of morpholine rings is 1. The number of carbonyl (C=O) groups is 2. The molecule has 1 amide bonds. The van der Waals surface area contributed by atoms with Gasteiger partial charge in [0.15, 0.2) is 0 Å². The van der Waals surface area contributed by atoms with Gasteiger partial charge in [0.2, 0.25) is 5.91 Å². The van der Waals surface area contributed by atoms with Gasteiger partial charge in [0, 0.05) is 35.3 Å². The molecular weight excluding hydrogens is 458 g/mol. The Labute approximate surface area is 201 Å². The molecule has 2 aromatic carbocycles. The van der Waals surface area contributed by atoms with Gasteiger partial charge >= 0.3 is 5.97 Å². The number of amides is 1. The van der Waals surface area contributed by atoms with Crippen molar-refractivity contribution in [1.29, 1.82) is 0 Å². The van der Waals surface area contributed by atoms with Gasteiger partial charge in [0.1, 0.15) is 30.6 Å². The first-order chi connectivity index (χ1) is 16.4. The Morgan fingerprint density at radius 1 is 1.35 bits per heavy atom. The summed E-state index contributed by atoms with van der Waals surface area (Å²) in [6.45, 7) is 7.06. The maximum atomic E-state index is 12.1. The molecule has 4 rings (SSSR count). The lowest BCUT2D eigenvalue weighted by Crippen LogP contribution is -2.45. The minimum absolute atomic E-state index is 0.161. The van der Waals surface area contributed by atoms with Crippen molar-refractivity contribution >= 4 is 51.6 Å². The molecule has 0 bridgehead atoms. The molecule has 0 saturated carbocycles. The van der Waals surface area contributed by atoms with Crippen LogP contribution >= 0.6 is 11.6 Å². The summed E-state index contributed by atoms with van der Waals surface area (Å²) in [7, 11) is 0. The SMILES string of the molecule is C=CC(=O)Nc1cc2c(Nc3cccc(Cl)c3)ncnc2cc1OCCN1CC(=O)OC(C)C1. The quantitative estimate of drug-likeness (QED) is 0.370. The van der Waals surface area contributed by atoms with Gasteiger partial charge in [0.25, 0.3) is 0 Å². The Morgan fingerprint density at radius 2 is 2.21 bits per heavy atom. The summed E-state index contributed by atoms with van der Waals surface area (Å²) in [4.78, 5) is 34.4. The molecule has 2 N–H and O–H groups in total. The van der Waals surface area contributed by atoms with E-state index in [9.17, 15) is 9.59 Å². The first kappa shape index (κ1) is 23.5. The van der Waals surface area contributed by atoms with Crippen LogP contribution in [0.25, 0.3) is 10.9 Å². The highest BCUT2D eigenvalue weighted by atomic mass is 35.5. The number of ether oxygens (including phenoxy) is 2. The number of anilines is 3. The second-order valence-corrected chi connectivity index (χ2v) is 8.24. The van der Waals surface area contributed by atoms with Crippen LogP contribution in [0.15, 0.2) is 55.4 Å². The molecule has 0 aliphatic carbocycles. The molecule has 1 aliphatic heterocycles. The van der Waals surface area contributed by atoms with E-state index >= 15 is 0 Å². The lowest BCUT2D eigenvalue weighted by Gasteiger charge is -2.30. The molecule has 1 atom stereocenters. The lowest BCUT2D eigenvalue weighted by molar-refractivity contribution is -0.157. The second-order valence-electron chi connectivity index (χ2n) is 7.80. The second kappa shape index (κ2) is 10.5. The van der Waals surface area contributed by atoms with Crippen LogP contribution in [-0.4, -0.2) is 59.1 Å². The van der Waals surface area contributed by atoms with Crippen LogP contribution in [0, 0.1) is 0 Å². The maximum Gasteiger partial charge on any atom is 0.320 e. The molecule has 0 spiro atoms. The van der Waals surface area contributed by atoms with E-state index in [2.05, 4.69) is 27.2 Å². The number of esters is 1. The topological polar surface area (TPSA) is 106 Å². The van der Waals surface area contributed by atoms with E-state index in [0.717, 1.165) is 5.69 Å². The van der Waals surface area contributed by atoms with Crippen molar-refractivity contribution in [3.8, 4) is 5.75 Å². The average molecular weight is 482 g/mol. The van der Waals surface area contributed by atoms with E-state index in [-0.39, 0.29) is 24.5 Å². The summed E-state index contributed by atoms with van der Waals surface area (Å²) in [5.74, 6) is 0.370. The predicted molar refractivity (Wildman–Crippen MR) is 131 cm³/mol. The Balaban J connectivity index is 1.59. The van der Waals surface area contributed by atoms with Crippen molar-refractivity contribution < 1.29 is 19.1 Å². The number of nitrogens with zero attached hydrogens (tertiary/aromatic N) is 3. The highest BCUT2D eigenvalue weighted by Crippen LogP contribution is 2.33. The molecule has 10 heteroatoms. The molecule has 176 valence electrons. The molecule has 1 fully saturated rings. The fourth-order valence-corrected chi connectivity index (χ4v) is 3.84. The Morgan fingerprint density at radius 3 is 2.97 bits per heavy atom. The molecule has 9 nitrogen and oxygen atoms in total. The number of fused-ring (bicyclic) bond motifs is 1. The summed E-state index contributed by atoms with van der Waals surface area (Å²) in [6.07, 6.45) is 2.47. The number of benzene rings is 2. The van der Waals surface area contributed by atoms with Gasteiger partial charge in [-0.25, -0.2) is 9.97 Å². The molecule has 1 saturated heterocycles. The van der Waals surface area contributed by atoms with E-state index in [1.54, 1.807) is 24.3 Å². The van der Waals surface area contributed by atoms with Gasteiger partial charge in [0.05, 0.1) is 17.7 Å². The predicted octanol–water partition coefficient (Wildman–Crippen LogP) is 3.78. The van der Waals surface area contributed by atoms with Crippen LogP contribution in [0.1, 0.15) is 6.92 Å². The number of cyclic esters (lactones) is 1. The molecule has 34 heavy (non-hydrogen) atoms. The minimum Gasteiger partial charge on any atom is -0.490 e. The monoisotopic (exact) mass is 481 g/mol. The largest absolute Gasteiger partial charge is 0.490 e. The molecule has 1 unspecified atom stereocenters. The van der Waals surface area contributed by atoms with E-state index in [1.165, 1.54) is 12.4 Å². The Kier molecular flexibility index (Phi) is 7.24. The first-order valence-electron chi connectivity index (χ1n) is 10.7. The van der Waals surface area contributed by atoms with E-state index < -0.39 is 0 Å². The number of halogens is 1. The van der Waals surface area contributed by atoms with Gasteiger partial charge in [-0.15, -0.1) is 0 Å². The minimum atomic E-state index is -0.377. The highest BCUT2D eigenvalue weighted by molar-refractivity contribution is 6.30. The summed E-state index contributed by atoms with van der Waals surface area (Å²) in [5, 5.41) is 7.29. The van der Waals surface area contributed by atoms with Crippen molar-refractivity contribution in [1.82, 2.24) is 14.9 Å². The molecule has 0 radical (unpaired) electrons. The zero-order valence-electron chi connectivity index (χ0n) is 18.6. The zero-order chi connectivity index (χ0) is 24.1. The van der Waals surface area contributed by atoms with Gasteiger partial charge in [-0.05, 0) is 37.3 Å². The number of carbonyl (C=O) groups excluding carboxylic acids is 2. The fourth-order valence-electron chi connectivity index (χ4n) is 3.65. The Bertz CT molecular complexity index is 1240. The molecule has 1 aromatic heterocycles. The van der Waals surface area contributed by atoms with Crippen LogP contribution in [0.3, 0.4) is 0 Å². The van der Waals surface area contributed by atoms with Crippen molar-refractivity contribution in [3.63, 3.8) is 0 Å². The van der Waals surface area contributed by atoms with Crippen LogP contribution in [-0.2, 0) is 14.3 Å². The third-order valence-corrected chi connectivity index (χ3v) is 5.37. The molecule has 3 aromatic rings. The average Bonchev–Trinajstić information content (AvgIpc) is 2.79. The standard InChI is InChI=1S/C24H24ClN5O4/c1-3-22(31)29-20-10-18-19(26-14-27-24(18)28-17-6-4-5-16(25)9-17)11-21(20)33-8-7-30-12-15(2)34-23(32)13-30/h3-6,9-11,14-15H,1,7-8,12-13H2,2H3,(H,29,31)(H,26,27,28). The van der Waals surface area contributed by atoms with Crippen LogP contribution in [0.5, 0.6) is 5.75 Å². The Hall–Kier alpha value is -3.69. The van der Waals surface area contributed by atoms with Crippen LogP contribution in [0.2, 0.25) is 5.02 Å². The highest BCUT2D eigenvalue weighted by Gasteiger charge is 2.23. The summed E-state index contributed by atoms with van der Waals surface area (Å²) < 4.78 is 11.2. The van der Waals surface area contributed by atoms with Crippen LogP contribution in [0.4, 0.5) is 17.2 Å². The number of aromatic nitrogens is 2. The molecule has 2 heterocycles. The number of hydrogen-bond donors (Lipinski definition) is 2. The van der Waals surface area contributed by atoms with Crippen molar-refractivity contribution in [3.05, 3.63) is 60.4 Å². The number of nitrogens with one attached hydrogen (secondary N) is 2. The lowest BCUT2D eigenvalue weighted by atomic mass is 10.1. The molecular formula is C24H24ClN5O4. The fraction of sp³-hybridized carbons (Fsp3) is 0.250. The third-order valence-electron chi connectivity index (χ3n) is 5.13. The number of rotatable bonds is 8. The van der Waals surface area contributed by atoms with Crippen molar-refractivity contribution in [2.75, 3.05) is 36.9 Å². The van der Waals surface area contributed by atoms with Gasteiger partial charge in [-0.2, -0.15) is 0 Å². The normalized spacial score (nSPS) is 16.1. The van der Waals surface area contributed by atoms with Crippen molar-refractivity contribution in [2.45, 2.75) is 13.0 Å². The van der Waals surface area contributed by atoms with Gasteiger partial charge in [-0.3, -0.25) is 14.5 Å². The van der Waals surface area contributed by atoms with Gasteiger partial charge in [-0.1, -0.05) is 24.2 Å². The van der Waals surface area contributed by atoms with Gasteiger partial charge < -0.3 is 20.1 Å².